The quantitative estimate of drug-likeness (QED) is 0.605. The van der Waals surface area contributed by atoms with E-state index in [2.05, 4.69) is 0 Å². The average molecular weight is 344 g/mol. The number of methoxy groups -OCH3 is 1. The molecule has 3 aromatic carbocycles. The minimum absolute atomic E-state index is 0.219. The normalized spacial score (nSPS) is 11.3. The third-order valence-corrected chi connectivity index (χ3v) is 3.99. The predicted octanol–water partition coefficient (Wildman–Crippen LogP) is 5.45. The van der Waals surface area contributed by atoms with E-state index < -0.39 is 0 Å². The van der Waals surface area contributed by atoms with E-state index in [1.807, 2.05) is 72.8 Å². The Bertz CT molecular complexity index is 921. The minimum atomic E-state index is 0.219. The Morgan fingerprint density at radius 1 is 0.654 bits per heavy atom. The maximum absolute atomic E-state index is 10.2. The van der Waals surface area contributed by atoms with E-state index in [0.717, 1.165) is 28.0 Å². The third kappa shape index (κ3) is 4.54. The topological polar surface area (TPSA) is 49.7 Å². The van der Waals surface area contributed by atoms with Gasteiger partial charge in [0, 0.05) is 5.56 Å². The zero-order valence-corrected chi connectivity index (χ0v) is 14.5. The van der Waals surface area contributed by atoms with Crippen LogP contribution in [0.1, 0.15) is 22.3 Å². The number of rotatable bonds is 5. The van der Waals surface area contributed by atoms with Crippen LogP contribution in [-0.4, -0.2) is 17.3 Å². The number of phenols is 2. The lowest BCUT2D eigenvalue weighted by molar-refractivity contribution is 0.415. The van der Waals surface area contributed by atoms with Crippen LogP contribution in [-0.2, 0) is 0 Å². The largest absolute Gasteiger partial charge is 0.508 e. The van der Waals surface area contributed by atoms with E-state index in [9.17, 15) is 10.2 Å². The van der Waals surface area contributed by atoms with Crippen LogP contribution in [0, 0.1) is 0 Å². The van der Waals surface area contributed by atoms with Crippen LogP contribution in [0.2, 0.25) is 0 Å². The van der Waals surface area contributed by atoms with Crippen LogP contribution in [0.25, 0.3) is 24.3 Å². The molecule has 3 rings (SSSR count). The molecule has 0 aromatic heterocycles. The van der Waals surface area contributed by atoms with Crippen molar-refractivity contribution < 1.29 is 14.9 Å². The van der Waals surface area contributed by atoms with Crippen LogP contribution in [0.3, 0.4) is 0 Å². The Morgan fingerprint density at radius 3 is 1.81 bits per heavy atom. The lowest BCUT2D eigenvalue weighted by atomic mass is 10.1. The van der Waals surface area contributed by atoms with Gasteiger partial charge in [-0.1, -0.05) is 60.7 Å². The van der Waals surface area contributed by atoms with Gasteiger partial charge >= 0.3 is 0 Å². The molecular weight excluding hydrogens is 324 g/mol. The molecule has 3 nitrogen and oxygen atoms in total. The first-order valence-electron chi connectivity index (χ1n) is 8.26. The van der Waals surface area contributed by atoms with Crippen molar-refractivity contribution >= 4 is 24.3 Å². The first-order chi connectivity index (χ1) is 12.6. The lowest BCUT2D eigenvalue weighted by Crippen LogP contribution is -1.81. The summed E-state index contributed by atoms with van der Waals surface area (Å²) in [6.07, 6.45) is 7.68. The highest BCUT2D eigenvalue weighted by molar-refractivity contribution is 5.75. The molecule has 0 atom stereocenters. The number of phenolic OH excluding ortho intramolecular Hbond substituents is 2. The van der Waals surface area contributed by atoms with Crippen LogP contribution in [0.4, 0.5) is 0 Å². The third-order valence-electron chi connectivity index (χ3n) is 3.99. The molecule has 0 spiro atoms. The molecule has 3 heteroatoms. The summed E-state index contributed by atoms with van der Waals surface area (Å²) in [5.74, 6) is 1.28. The number of hydrogen-bond acceptors (Lipinski definition) is 3. The summed E-state index contributed by atoms with van der Waals surface area (Å²) >= 11 is 0. The first kappa shape index (κ1) is 17.4. The molecule has 0 aliphatic heterocycles. The van der Waals surface area contributed by atoms with Crippen molar-refractivity contribution in [3.63, 3.8) is 0 Å². The number of aromatic hydroxyl groups is 2. The highest BCUT2D eigenvalue weighted by Crippen LogP contribution is 2.23. The molecule has 0 aliphatic carbocycles. The predicted molar refractivity (Wildman–Crippen MR) is 107 cm³/mol. The van der Waals surface area contributed by atoms with Crippen molar-refractivity contribution in [3.8, 4) is 17.2 Å². The van der Waals surface area contributed by atoms with Gasteiger partial charge in [0.25, 0.3) is 0 Å². The van der Waals surface area contributed by atoms with Crippen molar-refractivity contribution in [2.24, 2.45) is 0 Å². The van der Waals surface area contributed by atoms with Crippen molar-refractivity contribution in [2.45, 2.75) is 0 Å². The summed E-state index contributed by atoms with van der Waals surface area (Å²) in [5, 5.41) is 19.5. The molecule has 0 fully saturated rings. The van der Waals surface area contributed by atoms with E-state index in [4.69, 9.17) is 4.74 Å². The van der Waals surface area contributed by atoms with Gasteiger partial charge in [0.05, 0.1) is 7.11 Å². The molecule has 3 aromatic rings. The molecule has 0 bridgehead atoms. The molecule has 0 aliphatic rings. The first-order valence-corrected chi connectivity index (χ1v) is 8.26. The van der Waals surface area contributed by atoms with Gasteiger partial charge in [-0.2, -0.15) is 0 Å². The molecule has 130 valence electrons. The Balaban J connectivity index is 1.72. The van der Waals surface area contributed by atoms with E-state index in [1.54, 1.807) is 25.3 Å². The molecule has 26 heavy (non-hydrogen) atoms. The molecule has 0 unspecified atom stereocenters. The fourth-order valence-corrected chi connectivity index (χ4v) is 2.48. The van der Waals surface area contributed by atoms with Gasteiger partial charge in [0.2, 0.25) is 0 Å². The summed E-state index contributed by atoms with van der Waals surface area (Å²) < 4.78 is 5.15. The fraction of sp³-hybridized carbons (Fsp3) is 0.0435. The number of benzene rings is 3. The SMILES string of the molecule is COc1ccc(/C=C/c2ccc(/C=C/c3ccc(O)cc3)c(O)c2)cc1. The second-order valence-corrected chi connectivity index (χ2v) is 5.85. The Labute approximate surface area is 153 Å². The fourth-order valence-electron chi connectivity index (χ4n) is 2.48. The molecule has 0 amide bonds. The van der Waals surface area contributed by atoms with Gasteiger partial charge in [-0.05, 0) is 47.0 Å². The smallest absolute Gasteiger partial charge is 0.123 e. The highest BCUT2D eigenvalue weighted by atomic mass is 16.5. The zero-order valence-electron chi connectivity index (χ0n) is 14.5. The monoisotopic (exact) mass is 344 g/mol. The summed E-state index contributed by atoms with van der Waals surface area (Å²) in [4.78, 5) is 0. The van der Waals surface area contributed by atoms with Crippen molar-refractivity contribution in [1.82, 2.24) is 0 Å². The average Bonchev–Trinajstić information content (AvgIpc) is 2.67. The maximum Gasteiger partial charge on any atom is 0.123 e. The molecule has 2 N–H and O–H groups in total. The molecule has 0 radical (unpaired) electrons. The second-order valence-electron chi connectivity index (χ2n) is 5.85. The van der Waals surface area contributed by atoms with Crippen LogP contribution in [0.5, 0.6) is 17.2 Å². The van der Waals surface area contributed by atoms with Crippen molar-refractivity contribution in [3.05, 3.63) is 89.0 Å². The maximum atomic E-state index is 10.2. The molecular formula is C23H20O3. The van der Waals surface area contributed by atoms with E-state index in [-0.39, 0.29) is 11.5 Å². The second kappa shape index (κ2) is 8.08. The lowest BCUT2D eigenvalue weighted by Gasteiger charge is -2.02. The van der Waals surface area contributed by atoms with Gasteiger partial charge in [-0.3, -0.25) is 0 Å². The summed E-state index contributed by atoms with van der Waals surface area (Å²) in [5.41, 5.74) is 3.66. The van der Waals surface area contributed by atoms with Crippen LogP contribution in [0.15, 0.2) is 66.7 Å². The van der Waals surface area contributed by atoms with E-state index >= 15 is 0 Å². The van der Waals surface area contributed by atoms with Gasteiger partial charge in [0.1, 0.15) is 17.2 Å². The zero-order chi connectivity index (χ0) is 18.4. The Hall–Kier alpha value is -3.46. The summed E-state index contributed by atoms with van der Waals surface area (Å²) in [7, 11) is 1.64. The summed E-state index contributed by atoms with van der Waals surface area (Å²) in [6, 6.07) is 20.2. The Kier molecular flexibility index (Phi) is 5.40. The van der Waals surface area contributed by atoms with Crippen molar-refractivity contribution in [1.29, 1.82) is 0 Å². The van der Waals surface area contributed by atoms with E-state index in [1.165, 1.54) is 0 Å². The van der Waals surface area contributed by atoms with Crippen LogP contribution >= 0.6 is 0 Å². The van der Waals surface area contributed by atoms with E-state index in [0.29, 0.717) is 0 Å². The van der Waals surface area contributed by atoms with Gasteiger partial charge in [-0.15, -0.1) is 0 Å². The molecule has 0 saturated heterocycles. The number of hydrogen-bond donors (Lipinski definition) is 2. The number of ether oxygens (including phenoxy) is 1. The van der Waals surface area contributed by atoms with Gasteiger partial charge in [-0.25, -0.2) is 0 Å². The minimum Gasteiger partial charge on any atom is -0.508 e. The van der Waals surface area contributed by atoms with Gasteiger partial charge in [0.15, 0.2) is 0 Å². The Morgan fingerprint density at radius 2 is 1.19 bits per heavy atom. The molecule has 0 saturated carbocycles. The van der Waals surface area contributed by atoms with Gasteiger partial charge < -0.3 is 14.9 Å². The van der Waals surface area contributed by atoms with Crippen molar-refractivity contribution in [2.75, 3.05) is 7.11 Å². The standard InChI is InChI=1S/C23H20O3/c1-26-22-14-8-17(9-15-22)2-3-19-5-11-20(23(25)16-19)10-4-18-6-12-21(24)13-7-18/h2-16,24-25H,1H3/b3-2+,10-4+. The highest BCUT2D eigenvalue weighted by Gasteiger charge is 1.99. The van der Waals surface area contributed by atoms with Crippen LogP contribution < -0.4 is 4.74 Å². The summed E-state index contributed by atoms with van der Waals surface area (Å²) in [6.45, 7) is 0. The molecule has 0 heterocycles.